The quantitative estimate of drug-likeness (QED) is 0.896. The molecular formula is C13H16ClFN2O. The second-order valence-corrected chi connectivity index (χ2v) is 4.42. The molecule has 2 aliphatic rings. The molecule has 2 unspecified atom stereocenters. The molecule has 3 nitrogen and oxygen atoms in total. The van der Waals surface area contributed by atoms with Gasteiger partial charge < -0.3 is 10.1 Å². The molecule has 0 saturated carbocycles. The first-order valence-electron chi connectivity index (χ1n) is 6.04. The molecule has 0 saturated heterocycles. The van der Waals surface area contributed by atoms with E-state index < -0.39 is 0 Å². The average molecular weight is 271 g/mol. The SMILES string of the molecule is CCC1Oc2ccc(F)cc2C1C1=NCCN1.Cl. The summed E-state index contributed by atoms with van der Waals surface area (Å²) in [6.07, 6.45) is 0.956. The highest BCUT2D eigenvalue weighted by molar-refractivity contribution is 5.92. The Bertz CT molecular complexity index is 478. The molecule has 1 aromatic rings. The van der Waals surface area contributed by atoms with E-state index in [4.69, 9.17) is 4.74 Å². The smallest absolute Gasteiger partial charge is 0.124 e. The summed E-state index contributed by atoms with van der Waals surface area (Å²) in [5, 5.41) is 3.27. The first kappa shape index (κ1) is 13.1. The maximum Gasteiger partial charge on any atom is 0.124 e. The van der Waals surface area contributed by atoms with Gasteiger partial charge in [0.05, 0.1) is 12.5 Å². The number of rotatable bonds is 2. The van der Waals surface area contributed by atoms with Crippen LogP contribution in [-0.4, -0.2) is 25.0 Å². The fourth-order valence-corrected chi connectivity index (χ4v) is 2.57. The Hall–Kier alpha value is -1.29. The molecule has 1 N–H and O–H groups in total. The van der Waals surface area contributed by atoms with Gasteiger partial charge in [-0.25, -0.2) is 4.39 Å². The molecule has 0 bridgehead atoms. The van der Waals surface area contributed by atoms with Crippen molar-refractivity contribution in [2.24, 2.45) is 4.99 Å². The van der Waals surface area contributed by atoms with Gasteiger partial charge in [-0.15, -0.1) is 12.4 Å². The number of amidine groups is 1. The van der Waals surface area contributed by atoms with Crippen LogP contribution in [-0.2, 0) is 0 Å². The molecule has 0 aliphatic carbocycles. The molecule has 3 rings (SSSR count). The number of hydrogen-bond donors (Lipinski definition) is 1. The second kappa shape index (κ2) is 5.14. The third-order valence-electron chi connectivity index (χ3n) is 3.35. The van der Waals surface area contributed by atoms with Crippen molar-refractivity contribution in [2.75, 3.05) is 13.1 Å². The minimum Gasteiger partial charge on any atom is -0.489 e. The number of ether oxygens (including phenoxy) is 1. The molecular weight excluding hydrogens is 255 g/mol. The summed E-state index contributed by atoms with van der Waals surface area (Å²) in [7, 11) is 0. The van der Waals surface area contributed by atoms with E-state index >= 15 is 0 Å². The van der Waals surface area contributed by atoms with E-state index in [-0.39, 0.29) is 30.2 Å². The minimum atomic E-state index is -0.215. The van der Waals surface area contributed by atoms with Crippen molar-refractivity contribution in [3.8, 4) is 5.75 Å². The molecule has 0 fully saturated rings. The number of nitrogens with zero attached hydrogens (tertiary/aromatic N) is 1. The van der Waals surface area contributed by atoms with Gasteiger partial charge in [0.2, 0.25) is 0 Å². The highest BCUT2D eigenvalue weighted by atomic mass is 35.5. The maximum absolute atomic E-state index is 13.3. The van der Waals surface area contributed by atoms with E-state index in [1.807, 2.05) is 0 Å². The summed E-state index contributed by atoms with van der Waals surface area (Å²) < 4.78 is 19.2. The van der Waals surface area contributed by atoms with Crippen LogP contribution in [0.4, 0.5) is 4.39 Å². The fourth-order valence-electron chi connectivity index (χ4n) is 2.57. The van der Waals surface area contributed by atoms with Crippen LogP contribution < -0.4 is 10.1 Å². The van der Waals surface area contributed by atoms with Crippen molar-refractivity contribution in [2.45, 2.75) is 25.4 Å². The number of nitrogens with one attached hydrogen (secondary N) is 1. The van der Waals surface area contributed by atoms with Crippen LogP contribution >= 0.6 is 12.4 Å². The van der Waals surface area contributed by atoms with E-state index in [1.54, 1.807) is 12.1 Å². The van der Waals surface area contributed by atoms with Crippen molar-refractivity contribution in [1.29, 1.82) is 0 Å². The van der Waals surface area contributed by atoms with E-state index in [1.165, 1.54) is 6.07 Å². The molecule has 2 atom stereocenters. The Balaban J connectivity index is 0.00000120. The summed E-state index contributed by atoms with van der Waals surface area (Å²) in [6, 6.07) is 4.72. The Kier molecular flexibility index (Phi) is 3.76. The van der Waals surface area contributed by atoms with Gasteiger partial charge in [-0.1, -0.05) is 6.92 Å². The molecule has 2 aliphatic heterocycles. The zero-order valence-electron chi connectivity index (χ0n) is 10.1. The van der Waals surface area contributed by atoms with Gasteiger partial charge in [0, 0.05) is 12.1 Å². The first-order chi connectivity index (χ1) is 8.29. The largest absolute Gasteiger partial charge is 0.489 e. The zero-order valence-corrected chi connectivity index (χ0v) is 11.0. The Morgan fingerprint density at radius 1 is 1.50 bits per heavy atom. The minimum absolute atomic E-state index is 0. The number of aliphatic imine (C=N–C) groups is 1. The van der Waals surface area contributed by atoms with Gasteiger partial charge in [0.1, 0.15) is 23.5 Å². The summed E-state index contributed by atoms with van der Waals surface area (Å²) in [4.78, 5) is 4.45. The summed E-state index contributed by atoms with van der Waals surface area (Å²) in [6.45, 7) is 3.75. The molecule has 2 heterocycles. The Morgan fingerprint density at radius 3 is 3.00 bits per heavy atom. The van der Waals surface area contributed by atoms with E-state index in [9.17, 15) is 4.39 Å². The van der Waals surface area contributed by atoms with Gasteiger partial charge in [-0.3, -0.25) is 4.99 Å². The van der Waals surface area contributed by atoms with Crippen LogP contribution in [0.25, 0.3) is 0 Å². The monoisotopic (exact) mass is 270 g/mol. The van der Waals surface area contributed by atoms with Crippen LogP contribution in [0.2, 0.25) is 0 Å². The zero-order chi connectivity index (χ0) is 11.8. The average Bonchev–Trinajstić information content (AvgIpc) is 2.93. The van der Waals surface area contributed by atoms with Gasteiger partial charge in [0.15, 0.2) is 0 Å². The van der Waals surface area contributed by atoms with Crippen LogP contribution in [0.5, 0.6) is 5.75 Å². The van der Waals surface area contributed by atoms with Crippen molar-refractivity contribution in [3.05, 3.63) is 29.6 Å². The number of halogens is 2. The lowest BCUT2D eigenvalue weighted by molar-refractivity contribution is 0.219. The third kappa shape index (κ3) is 2.05. The molecule has 18 heavy (non-hydrogen) atoms. The van der Waals surface area contributed by atoms with Gasteiger partial charge in [-0.2, -0.15) is 0 Å². The van der Waals surface area contributed by atoms with Crippen molar-refractivity contribution >= 4 is 18.2 Å². The van der Waals surface area contributed by atoms with E-state index in [2.05, 4.69) is 17.2 Å². The van der Waals surface area contributed by atoms with Crippen LogP contribution in [0.15, 0.2) is 23.2 Å². The van der Waals surface area contributed by atoms with E-state index in [0.29, 0.717) is 0 Å². The molecule has 0 amide bonds. The predicted octanol–water partition coefficient (Wildman–Crippen LogP) is 2.50. The standard InChI is InChI=1S/C13H15FN2O.ClH/c1-2-10-12(13-15-5-6-16-13)9-7-8(14)3-4-11(9)17-10;/h3-4,7,10,12H,2,5-6H2,1H3,(H,15,16);1H. The highest BCUT2D eigenvalue weighted by Gasteiger charge is 2.37. The van der Waals surface area contributed by atoms with Gasteiger partial charge >= 0.3 is 0 Å². The van der Waals surface area contributed by atoms with Crippen LogP contribution in [0, 0.1) is 5.82 Å². The summed E-state index contributed by atoms with van der Waals surface area (Å²) in [5.74, 6) is 1.58. The first-order valence-corrected chi connectivity index (χ1v) is 6.04. The van der Waals surface area contributed by atoms with Gasteiger partial charge in [0.25, 0.3) is 0 Å². The lowest BCUT2D eigenvalue weighted by atomic mass is 9.92. The molecule has 0 aromatic heterocycles. The van der Waals surface area contributed by atoms with E-state index in [0.717, 1.165) is 36.7 Å². The normalized spacial score (nSPS) is 24.7. The second-order valence-electron chi connectivity index (χ2n) is 4.42. The van der Waals surface area contributed by atoms with Gasteiger partial charge in [-0.05, 0) is 24.6 Å². The molecule has 1 aromatic carbocycles. The highest BCUT2D eigenvalue weighted by Crippen LogP contribution is 2.40. The Morgan fingerprint density at radius 2 is 2.33 bits per heavy atom. The Labute approximate surface area is 112 Å². The predicted molar refractivity (Wildman–Crippen MR) is 71.4 cm³/mol. The number of fused-ring (bicyclic) bond motifs is 1. The number of hydrogen-bond acceptors (Lipinski definition) is 3. The van der Waals surface area contributed by atoms with Crippen molar-refractivity contribution < 1.29 is 9.13 Å². The third-order valence-corrected chi connectivity index (χ3v) is 3.35. The molecule has 5 heteroatoms. The summed E-state index contributed by atoms with van der Waals surface area (Å²) >= 11 is 0. The topological polar surface area (TPSA) is 33.6 Å². The van der Waals surface area contributed by atoms with Crippen LogP contribution in [0.3, 0.4) is 0 Å². The molecule has 98 valence electrons. The maximum atomic E-state index is 13.3. The molecule has 0 spiro atoms. The summed E-state index contributed by atoms with van der Waals surface area (Å²) in [5.41, 5.74) is 0.921. The van der Waals surface area contributed by atoms with Crippen molar-refractivity contribution in [3.63, 3.8) is 0 Å². The number of benzene rings is 1. The lowest BCUT2D eigenvalue weighted by Crippen LogP contribution is -2.32. The lowest BCUT2D eigenvalue weighted by Gasteiger charge is -2.17. The van der Waals surface area contributed by atoms with Crippen molar-refractivity contribution in [1.82, 2.24) is 5.32 Å². The molecule has 0 radical (unpaired) electrons. The fraction of sp³-hybridized carbons (Fsp3) is 0.462. The van der Waals surface area contributed by atoms with Crippen LogP contribution in [0.1, 0.15) is 24.8 Å².